The Kier molecular flexibility index (Phi) is 14.3. The quantitative estimate of drug-likeness (QED) is 0.119. The first-order valence-corrected chi connectivity index (χ1v) is 40.2. The third kappa shape index (κ3) is 9.85. The minimum atomic E-state index is -0.0638. The van der Waals surface area contributed by atoms with Crippen molar-refractivity contribution in [2.75, 3.05) is 0 Å². The van der Waals surface area contributed by atoms with Crippen molar-refractivity contribution in [1.82, 2.24) is 0 Å². The van der Waals surface area contributed by atoms with Crippen LogP contribution >= 0.6 is 0 Å². The molecule has 114 heavy (non-hydrogen) atoms. The van der Waals surface area contributed by atoms with Crippen molar-refractivity contribution in [3.8, 4) is 100 Å². The van der Waals surface area contributed by atoms with Crippen LogP contribution in [0.3, 0.4) is 0 Å². The van der Waals surface area contributed by atoms with Gasteiger partial charge in [0, 0.05) is 27.0 Å². The largest absolute Gasteiger partial charge is 0.456 e. The Balaban J connectivity index is 0.000000136. The summed E-state index contributed by atoms with van der Waals surface area (Å²) in [7, 11) is 0. The Morgan fingerprint density at radius 1 is 0.158 bits per heavy atom. The molecule has 0 saturated heterocycles. The monoisotopic (exact) mass is 1450 g/mol. The Labute approximate surface area is 663 Å². The zero-order valence-corrected chi connectivity index (χ0v) is 64.5. The molecule has 1 heteroatoms. The summed E-state index contributed by atoms with van der Waals surface area (Å²) in [6, 6.07) is 136. The Hall–Kier alpha value is -13.7. The molecule has 0 unspecified atom stereocenters. The second-order valence-electron chi connectivity index (χ2n) is 33.7. The van der Waals surface area contributed by atoms with Crippen molar-refractivity contribution in [3.05, 3.63) is 397 Å². The van der Waals surface area contributed by atoms with E-state index in [0.29, 0.717) is 0 Å². The van der Waals surface area contributed by atoms with Gasteiger partial charge < -0.3 is 4.42 Å². The summed E-state index contributed by atoms with van der Waals surface area (Å²) in [6.07, 6.45) is 0. The molecule has 0 saturated carbocycles. The summed E-state index contributed by atoms with van der Waals surface area (Å²) in [5.41, 5.74) is 33.1. The molecule has 0 aliphatic heterocycles. The van der Waals surface area contributed by atoms with Gasteiger partial charge in [0.2, 0.25) is 0 Å². The highest BCUT2D eigenvalue weighted by molar-refractivity contribution is 6.24. The predicted molar refractivity (Wildman–Crippen MR) is 486 cm³/mol. The Morgan fingerprint density at radius 3 is 0.982 bits per heavy atom. The summed E-state index contributed by atoms with van der Waals surface area (Å²) in [4.78, 5) is 0. The number of fused-ring (bicyclic) bond motifs is 21. The van der Waals surface area contributed by atoms with Gasteiger partial charge in [0.05, 0.1) is 0 Å². The number of hydrogen-bond acceptors (Lipinski definition) is 1. The molecule has 1 heterocycles. The fourth-order valence-corrected chi connectivity index (χ4v) is 20.7. The van der Waals surface area contributed by atoms with Gasteiger partial charge in [0.25, 0.3) is 0 Å². The van der Waals surface area contributed by atoms with Crippen LogP contribution in [0.1, 0.15) is 74.9 Å². The van der Waals surface area contributed by atoms with Gasteiger partial charge in [-0.05, 0) is 292 Å². The van der Waals surface area contributed by atoms with Crippen LogP contribution in [-0.4, -0.2) is 0 Å². The van der Waals surface area contributed by atoms with Crippen molar-refractivity contribution in [2.45, 2.75) is 57.8 Å². The highest BCUT2D eigenvalue weighted by Gasteiger charge is 2.39. The third-order valence-corrected chi connectivity index (χ3v) is 26.5. The van der Waals surface area contributed by atoms with Gasteiger partial charge in [-0.15, -0.1) is 0 Å². The van der Waals surface area contributed by atoms with Gasteiger partial charge in [-0.25, -0.2) is 0 Å². The lowest BCUT2D eigenvalue weighted by Crippen LogP contribution is -2.14. The summed E-state index contributed by atoms with van der Waals surface area (Å²) >= 11 is 0. The number of furan rings is 1. The molecular formula is C113H78O. The van der Waals surface area contributed by atoms with E-state index in [1.807, 2.05) is 0 Å². The van der Waals surface area contributed by atoms with Gasteiger partial charge in [-0.1, -0.05) is 333 Å². The van der Waals surface area contributed by atoms with Crippen LogP contribution in [0.25, 0.3) is 208 Å². The number of benzene rings is 20. The highest BCUT2D eigenvalue weighted by Crippen LogP contribution is 2.56. The zero-order valence-electron chi connectivity index (χ0n) is 64.5. The SMILES string of the molecule is CC1(C)c2ccc(-c3ccc4oc5ccc(-c6c7ccccc7c(-c7ccc8c(ccc9ccccc98)c7)c7ccccc67)cc5c4c3)cc2-c2cc3ccccc3cc21.CC1(C)c2ccccc2-c2ccc(-c3c4ccccc4c(-c4ccc(-c5ccc6c(c5)-c5cc7ccccc7cc5C6(C)C)cc4)c4ccccc34)cc21. The van der Waals surface area contributed by atoms with Gasteiger partial charge in [-0.3, -0.25) is 0 Å². The number of rotatable bonds is 6. The lowest BCUT2D eigenvalue weighted by molar-refractivity contribution is 0.660. The van der Waals surface area contributed by atoms with E-state index in [2.05, 4.69) is 406 Å². The van der Waals surface area contributed by atoms with Crippen molar-refractivity contribution in [3.63, 3.8) is 0 Å². The van der Waals surface area contributed by atoms with Crippen LogP contribution in [0.5, 0.6) is 0 Å². The molecule has 21 aromatic rings. The van der Waals surface area contributed by atoms with Crippen molar-refractivity contribution in [1.29, 1.82) is 0 Å². The molecule has 20 aromatic carbocycles. The van der Waals surface area contributed by atoms with Gasteiger partial charge in [0.1, 0.15) is 11.2 Å². The fourth-order valence-electron chi connectivity index (χ4n) is 20.7. The minimum absolute atomic E-state index is 0.0354. The second-order valence-corrected chi connectivity index (χ2v) is 33.7. The molecule has 0 fully saturated rings. The molecule has 1 aromatic heterocycles. The summed E-state index contributed by atoms with van der Waals surface area (Å²) < 4.78 is 6.54. The van der Waals surface area contributed by atoms with Crippen LogP contribution in [0.4, 0.5) is 0 Å². The van der Waals surface area contributed by atoms with Crippen LogP contribution < -0.4 is 0 Å². The second kappa shape index (κ2) is 24.6. The topological polar surface area (TPSA) is 13.1 Å². The molecule has 0 bridgehead atoms. The Bertz CT molecular complexity index is 7630. The maximum absolute atomic E-state index is 6.54. The summed E-state index contributed by atoms with van der Waals surface area (Å²) in [5.74, 6) is 0. The van der Waals surface area contributed by atoms with E-state index in [1.54, 1.807) is 0 Å². The molecule has 0 amide bonds. The molecular weight excluding hydrogens is 1370 g/mol. The first-order valence-electron chi connectivity index (χ1n) is 40.2. The average Bonchev–Trinajstić information content (AvgIpc) is 1.25. The first-order chi connectivity index (χ1) is 55.8. The first kappa shape index (κ1) is 66.1. The molecule has 0 spiro atoms. The third-order valence-electron chi connectivity index (χ3n) is 26.5. The summed E-state index contributed by atoms with van der Waals surface area (Å²) in [6.45, 7) is 14.2. The molecule has 0 N–H and O–H groups in total. The molecule has 24 rings (SSSR count). The van der Waals surface area contributed by atoms with E-state index in [9.17, 15) is 0 Å². The predicted octanol–water partition coefficient (Wildman–Crippen LogP) is 31.4. The van der Waals surface area contributed by atoms with Crippen molar-refractivity contribution in [2.24, 2.45) is 0 Å². The van der Waals surface area contributed by atoms with Gasteiger partial charge >= 0.3 is 0 Å². The fraction of sp³-hybridized carbons (Fsp3) is 0.0796. The normalized spacial score (nSPS) is 13.9. The lowest BCUT2D eigenvalue weighted by Gasteiger charge is -2.23. The van der Waals surface area contributed by atoms with Gasteiger partial charge in [-0.2, -0.15) is 0 Å². The minimum Gasteiger partial charge on any atom is -0.456 e. The lowest BCUT2D eigenvalue weighted by atomic mass is 9.80. The molecule has 0 radical (unpaired) electrons. The van der Waals surface area contributed by atoms with Crippen molar-refractivity contribution < 1.29 is 4.42 Å². The van der Waals surface area contributed by atoms with E-state index >= 15 is 0 Å². The zero-order chi connectivity index (χ0) is 76.0. The van der Waals surface area contributed by atoms with E-state index in [1.165, 1.54) is 220 Å². The molecule has 3 aliphatic rings. The molecule has 1 nitrogen and oxygen atoms in total. The molecule has 536 valence electrons. The van der Waals surface area contributed by atoms with E-state index in [0.717, 1.165) is 21.9 Å². The maximum atomic E-state index is 6.54. The van der Waals surface area contributed by atoms with Crippen LogP contribution in [-0.2, 0) is 16.2 Å². The van der Waals surface area contributed by atoms with Crippen LogP contribution in [0, 0.1) is 0 Å². The van der Waals surface area contributed by atoms with Crippen LogP contribution in [0.15, 0.2) is 368 Å². The smallest absolute Gasteiger partial charge is 0.135 e. The van der Waals surface area contributed by atoms with E-state index in [4.69, 9.17) is 4.42 Å². The summed E-state index contributed by atoms with van der Waals surface area (Å²) in [5, 5.41) is 22.7. The maximum Gasteiger partial charge on any atom is 0.135 e. The Morgan fingerprint density at radius 2 is 0.465 bits per heavy atom. The van der Waals surface area contributed by atoms with Crippen LogP contribution in [0.2, 0.25) is 0 Å². The highest BCUT2D eigenvalue weighted by atomic mass is 16.3. The standard InChI is InChI=1S/C59H38O.C54H40/c1-59(2)53-26-22-38(31-49(53)50-30-36-12-3-4-13-37(36)34-54(50)59)39-23-27-55-51(32-39)52-33-42(24-28-56(52)60-55)58-47-17-9-7-15-45(47)57(46-16-8-10-18-48(46)58)41-21-25-44-40(29-41)20-19-35-11-5-6-14-43(35)44;1-53(2)47-20-12-11-15-39(47)40-27-25-38(32-49(40)53)52-43-18-9-7-16-41(43)51(42-17-8-10-19-44(42)52)34-23-21-33(22-24-34)37-26-28-48-45(30-37)46-29-35-13-5-6-14-36(35)31-50(46)54(48,3)4/h3-34H,1-2H3;5-32H,1-4H3. The van der Waals surface area contributed by atoms with Crippen molar-refractivity contribution >= 4 is 108 Å². The van der Waals surface area contributed by atoms with E-state index in [-0.39, 0.29) is 16.2 Å². The number of hydrogen-bond donors (Lipinski definition) is 0. The molecule has 3 aliphatic carbocycles. The van der Waals surface area contributed by atoms with Gasteiger partial charge in [0.15, 0.2) is 0 Å². The van der Waals surface area contributed by atoms with E-state index < -0.39 is 0 Å². The molecule has 0 atom stereocenters. The average molecular weight is 1450 g/mol.